The van der Waals surface area contributed by atoms with Gasteiger partial charge in [-0.25, -0.2) is 9.59 Å². The normalized spacial score (nSPS) is 10.8. The fourth-order valence-corrected chi connectivity index (χ4v) is 1.50. The summed E-state index contributed by atoms with van der Waals surface area (Å²) in [5.41, 5.74) is -0.184. The fourth-order valence-electron chi connectivity index (χ4n) is 1.31. The Bertz CT molecular complexity index is 482. The molecular weight excluding hydrogens is 282 g/mol. The van der Waals surface area contributed by atoms with Crippen molar-refractivity contribution >= 4 is 23.7 Å². The predicted octanol–water partition coefficient (Wildman–Crippen LogP) is 3.02. The highest BCUT2D eigenvalue weighted by Gasteiger charge is 2.15. The molecule has 5 nitrogen and oxygen atoms in total. The van der Waals surface area contributed by atoms with E-state index >= 15 is 0 Å². The SMILES string of the molecule is CC(C)(C)OC(=O)NCCOC(=O)c1cccc(Cl)c1. The first-order chi connectivity index (χ1) is 9.28. The quantitative estimate of drug-likeness (QED) is 0.685. The molecule has 0 aliphatic carbocycles. The van der Waals surface area contributed by atoms with Gasteiger partial charge in [-0.3, -0.25) is 0 Å². The van der Waals surface area contributed by atoms with Crippen LogP contribution in [0.25, 0.3) is 0 Å². The van der Waals surface area contributed by atoms with Crippen LogP contribution in [0.3, 0.4) is 0 Å². The Balaban J connectivity index is 2.28. The first kappa shape index (κ1) is 16.3. The van der Waals surface area contributed by atoms with Crippen LogP contribution in [0.2, 0.25) is 5.02 Å². The summed E-state index contributed by atoms with van der Waals surface area (Å²) in [6.07, 6.45) is -0.545. The van der Waals surface area contributed by atoms with Crippen LogP contribution in [0, 0.1) is 0 Å². The van der Waals surface area contributed by atoms with Gasteiger partial charge in [0, 0.05) is 5.02 Å². The van der Waals surface area contributed by atoms with E-state index in [1.54, 1.807) is 39.0 Å². The number of carbonyl (C=O) groups is 2. The van der Waals surface area contributed by atoms with Gasteiger partial charge >= 0.3 is 12.1 Å². The average Bonchev–Trinajstić information content (AvgIpc) is 2.32. The minimum atomic E-state index is -0.554. The molecule has 110 valence electrons. The Kier molecular flexibility index (Phi) is 5.82. The zero-order valence-electron chi connectivity index (χ0n) is 11.7. The Morgan fingerprint density at radius 1 is 1.30 bits per heavy atom. The molecule has 0 bridgehead atoms. The zero-order chi connectivity index (χ0) is 15.2. The summed E-state index contributed by atoms with van der Waals surface area (Å²) < 4.78 is 10.0. The van der Waals surface area contributed by atoms with Crippen molar-refractivity contribution in [3.8, 4) is 0 Å². The molecule has 1 amide bonds. The van der Waals surface area contributed by atoms with Gasteiger partial charge in [0.05, 0.1) is 12.1 Å². The second-order valence-electron chi connectivity index (χ2n) is 5.07. The smallest absolute Gasteiger partial charge is 0.407 e. The Labute approximate surface area is 123 Å². The van der Waals surface area contributed by atoms with Crippen molar-refractivity contribution in [2.45, 2.75) is 26.4 Å². The van der Waals surface area contributed by atoms with E-state index in [1.807, 2.05) is 0 Å². The molecule has 1 aromatic carbocycles. The molecule has 1 N–H and O–H groups in total. The standard InChI is InChI=1S/C14H18ClNO4/c1-14(2,3)20-13(18)16-7-8-19-12(17)10-5-4-6-11(15)9-10/h4-6,9H,7-8H2,1-3H3,(H,16,18). The minimum Gasteiger partial charge on any atom is -0.460 e. The second-order valence-corrected chi connectivity index (χ2v) is 5.51. The van der Waals surface area contributed by atoms with Gasteiger partial charge in [0.15, 0.2) is 0 Å². The van der Waals surface area contributed by atoms with Crippen molar-refractivity contribution in [2.75, 3.05) is 13.2 Å². The molecule has 0 atom stereocenters. The van der Waals surface area contributed by atoms with Gasteiger partial charge in [-0.05, 0) is 39.0 Å². The number of hydrogen-bond acceptors (Lipinski definition) is 4. The lowest BCUT2D eigenvalue weighted by atomic mass is 10.2. The van der Waals surface area contributed by atoms with Gasteiger partial charge in [-0.2, -0.15) is 0 Å². The number of alkyl carbamates (subject to hydrolysis) is 1. The number of halogens is 1. The van der Waals surface area contributed by atoms with Crippen molar-refractivity contribution in [3.05, 3.63) is 34.9 Å². The largest absolute Gasteiger partial charge is 0.460 e. The van der Waals surface area contributed by atoms with Crippen LogP contribution in [-0.4, -0.2) is 30.8 Å². The Hall–Kier alpha value is -1.75. The molecule has 1 aromatic rings. The van der Waals surface area contributed by atoms with Crippen molar-refractivity contribution in [1.29, 1.82) is 0 Å². The molecule has 0 aromatic heterocycles. The van der Waals surface area contributed by atoms with Crippen molar-refractivity contribution in [1.82, 2.24) is 5.32 Å². The first-order valence-corrected chi connectivity index (χ1v) is 6.55. The third kappa shape index (κ3) is 6.43. The number of nitrogens with one attached hydrogen (secondary N) is 1. The monoisotopic (exact) mass is 299 g/mol. The van der Waals surface area contributed by atoms with Gasteiger partial charge in [0.25, 0.3) is 0 Å². The van der Waals surface area contributed by atoms with Gasteiger partial charge in [-0.15, -0.1) is 0 Å². The molecule has 0 saturated heterocycles. The molecule has 0 unspecified atom stereocenters. The van der Waals surface area contributed by atoms with E-state index in [2.05, 4.69) is 5.32 Å². The van der Waals surface area contributed by atoms with E-state index in [9.17, 15) is 9.59 Å². The van der Waals surface area contributed by atoms with Gasteiger partial charge in [-0.1, -0.05) is 17.7 Å². The lowest BCUT2D eigenvalue weighted by molar-refractivity contribution is 0.0434. The van der Waals surface area contributed by atoms with Gasteiger partial charge < -0.3 is 14.8 Å². The van der Waals surface area contributed by atoms with Gasteiger partial charge in [0.1, 0.15) is 12.2 Å². The van der Waals surface area contributed by atoms with Crippen LogP contribution < -0.4 is 5.32 Å². The number of benzene rings is 1. The molecule has 20 heavy (non-hydrogen) atoms. The molecule has 0 spiro atoms. The van der Waals surface area contributed by atoms with Crippen LogP contribution in [0.4, 0.5) is 4.79 Å². The highest BCUT2D eigenvalue weighted by molar-refractivity contribution is 6.30. The Morgan fingerprint density at radius 3 is 2.60 bits per heavy atom. The third-order valence-corrected chi connectivity index (χ3v) is 2.30. The third-order valence-electron chi connectivity index (χ3n) is 2.06. The topological polar surface area (TPSA) is 64.6 Å². The maximum Gasteiger partial charge on any atom is 0.407 e. The van der Waals surface area contributed by atoms with Crippen LogP contribution in [0.5, 0.6) is 0 Å². The van der Waals surface area contributed by atoms with Crippen molar-refractivity contribution in [3.63, 3.8) is 0 Å². The maximum atomic E-state index is 11.6. The minimum absolute atomic E-state index is 0.0601. The number of hydrogen-bond donors (Lipinski definition) is 1. The molecule has 0 aliphatic rings. The summed E-state index contributed by atoms with van der Waals surface area (Å²) >= 11 is 5.77. The van der Waals surface area contributed by atoms with E-state index in [4.69, 9.17) is 21.1 Å². The summed E-state index contributed by atoms with van der Waals surface area (Å²) in [4.78, 5) is 23.0. The lowest BCUT2D eigenvalue weighted by Gasteiger charge is -2.19. The average molecular weight is 300 g/mol. The fraction of sp³-hybridized carbons (Fsp3) is 0.429. The van der Waals surface area contributed by atoms with E-state index in [0.29, 0.717) is 10.6 Å². The predicted molar refractivity (Wildman–Crippen MR) is 76.0 cm³/mol. The summed E-state index contributed by atoms with van der Waals surface area (Å²) in [5.74, 6) is -0.488. The van der Waals surface area contributed by atoms with Gasteiger partial charge in [0.2, 0.25) is 0 Å². The van der Waals surface area contributed by atoms with Crippen LogP contribution in [0.15, 0.2) is 24.3 Å². The van der Waals surface area contributed by atoms with E-state index in [1.165, 1.54) is 6.07 Å². The van der Waals surface area contributed by atoms with Crippen LogP contribution in [0.1, 0.15) is 31.1 Å². The summed E-state index contributed by atoms with van der Waals surface area (Å²) in [6, 6.07) is 6.46. The highest BCUT2D eigenvalue weighted by atomic mass is 35.5. The van der Waals surface area contributed by atoms with E-state index < -0.39 is 17.7 Å². The molecule has 0 saturated carbocycles. The molecule has 0 aliphatic heterocycles. The number of rotatable bonds is 4. The van der Waals surface area contributed by atoms with Crippen molar-refractivity contribution in [2.24, 2.45) is 0 Å². The zero-order valence-corrected chi connectivity index (χ0v) is 12.5. The van der Waals surface area contributed by atoms with E-state index in [-0.39, 0.29) is 13.2 Å². The summed E-state index contributed by atoms with van der Waals surface area (Å²) in [5, 5.41) is 2.96. The summed E-state index contributed by atoms with van der Waals surface area (Å²) in [7, 11) is 0. The maximum absolute atomic E-state index is 11.6. The number of ether oxygens (including phenoxy) is 2. The molecule has 6 heteroatoms. The molecule has 0 radical (unpaired) electrons. The molecule has 1 rings (SSSR count). The summed E-state index contributed by atoms with van der Waals surface area (Å²) in [6.45, 7) is 5.55. The molecule has 0 heterocycles. The van der Waals surface area contributed by atoms with E-state index in [0.717, 1.165) is 0 Å². The second kappa shape index (κ2) is 7.14. The lowest BCUT2D eigenvalue weighted by Crippen LogP contribution is -2.34. The Morgan fingerprint density at radius 2 is 2.00 bits per heavy atom. The van der Waals surface area contributed by atoms with Crippen molar-refractivity contribution < 1.29 is 19.1 Å². The number of amides is 1. The molecule has 0 fully saturated rings. The number of esters is 1. The molecular formula is C14H18ClNO4. The van der Waals surface area contributed by atoms with Crippen LogP contribution >= 0.6 is 11.6 Å². The van der Waals surface area contributed by atoms with Crippen LogP contribution in [-0.2, 0) is 9.47 Å². The first-order valence-electron chi connectivity index (χ1n) is 6.17. The highest BCUT2D eigenvalue weighted by Crippen LogP contribution is 2.11. The number of carbonyl (C=O) groups excluding carboxylic acids is 2.